The Hall–Kier alpha value is -2.14. The van der Waals surface area contributed by atoms with Gasteiger partial charge in [-0.2, -0.15) is 17.4 Å². The molecule has 0 bridgehead atoms. The summed E-state index contributed by atoms with van der Waals surface area (Å²) in [6.45, 7) is 0.522. The molecule has 1 saturated heterocycles. The fourth-order valence-corrected chi connectivity index (χ4v) is 5.08. The van der Waals surface area contributed by atoms with Gasteiger partial charge in [0, 0.05) is 11.9 Å². The molecular weight excluding hydrogens is 390 g/mol. The van der Waals surface area contributed by atoms with Crippen LogP contribution in [0.15, 0.2) is 35.7 Å². The molecule has 4 rings (SSSR count). The summed E-state index contributed by atoms with van der Waals surface area (Å²) in [7, 11) is -2.38. The molecule has 0 radical (unpaired) electrons. The maximum absolute atomic E-state index is 12.7. The van der Waals surface area contributed by atoms with Crippen LogP contribution in [0.5, 0.6) is 11.5 Å². The minimum atomic E-state index is -3.79. The highest BCUT2D eigenvalue weighted by molar-refractivity contribution is 7.87. The predicted molar refractivity (Wildman–Crippen MR) is 99.7 cm³/mol. The third-order valence-electron chi connectivity index (χ3n) is 4.69. The van der Waals surface area contributed by atoms with Gasteiger partial charge in [-0.1, -0.05) is 12.1 Å². The molecule has 10 heteroatoms. The van der Waals surface area contributed by atoms with Gasteiger partial charge in [-0.3, -0.25) is 4.79 Å². The van der Waals surface area contributed by atoms with Crippen molar-refractivity contribution in [3.63, 3.8) is 0 Å². The topological polar surface area (TPSA) is 97.0 Å². The van der Waals surface area contributed by atoms with Gasteiger partial charge >= 0.3 is 0 Å². The van der Waals surface area contributed by atoms with E-state index in [1.807, 2.05) is 17.5 Å². The van der Waals surface area contributed by atoms with E-state index in [0.717, 1.165) is 14.7 Å². The Bertz CT molecular complexity index is 945. The summed E-state index contributed by atoms with van der Waals surface area (Å²) in [5.74, 6) is 0.880. The smallest absolute Gasteiger partial charge is 0.280 e. The Kier molecular flexibility index (Phi) is 4.81. The van der Waals surface area contributed by atoms with Crippen molar-refractivity contribution in [1.29, 1.82) is 0 Å². The summed E-state index contributed by atoms with van der Waals surface area (Å²) < 4.78 is 39.4. The number of fused-ring (bicyclic) bond motifs is 1. The van der Waals surface area contributed by atoms with Crippen LogP contribution < -0.4 is 19.5 Å². The normalized spacial score (nSPS) is 23.9. The van der Waals surface area contributed by atoms with Crippen LogP contribution in [0.3, 0.4) is 0 Å². The first kappa shape index (κ1) is 18.2. The van der Waals surface area contributed by atoms with E-state index in [9.17, 15) is 13.2 Å². The number of rotatable bonds is 4. The van der Waals surface area contributed by atoms with E-state index in [1.54, 1.807) is 18.2 Å². The highest BCUT2D eigenvalue weighted by Gasteiger charge is 2.40. The summed E-state index contributed by atoms with van der Waals surface area (Å²) in [6, 6.07) is 7.78. The van der Waals surface area contributed by atoms with Gasteiger partial charge in [0.05, 0.1) is 12.6 Å². The second-order valence-electron chi connectivity index (χ2n) is 6.35. The fraction of sp³-hybridized carbons (Fsp3) is 0.353. The molecule has 27 heavy (non-hydrogen) atoms. The maximum atomic E-state index is 12.7. The highest BCUT2D eigenvalue weighted by Crippen LogP contribution is 2.36. The molecule has 2 unspecified atom stereocenters. The number of nitrogens with zero attached hydrogens (tertiary/aromatic N) is 1. The van der Waals surface area contributed by atoms with Crippen LogP contribution in [-0.2, 0) is 21.5 Å². The molecule has 2 aliphatic rings. The minimum Gasteiger partial charge on any atom is -0.454 e. The van der Waals surface area contributed by atoms with E-state index in [0.29, 0.717) is 24.5 Å². The van der Waals surface area contributed by atoms with Crippen molar-refractivity contribution in [2.75, 3.05) is 13.8 Å². The molecule has 1 fully saturated rings. The maximum Gasteiger partial charge on any atom is 0.280 e. The van der Waals surface area contributed by atoms with E-state index >= 15 is 0 Å². The van der Waals surface area contributed by atoms with Gasteiger partial charge < -0.3 is 14.8 Å². The van der Waals surface area contributed by atoms with Gasteiger partial charge in [0.2, 0.25) is 12.7 Å². The lowest BCUT2D eigenvalue weighted by Crippen LogP contribution is -2.57. The largest absolute Gasteiger partial charge is 0.454 e. The Morgan fingerprint density at radius 1 is 1.33 bits per heavy atom. The summed E-state index contributed by atoms with van der Waals surface area (Å²) in [6.07, 6.45) is 0.311. The van der Waals surface area contributed by atoms with Crippen molar-refractivity contribution in [2.45, 2.75) is 25.0 Å². The van der Waals surface area contributed by atoms with Crippen LogP contribution in [0.4, 0.5) is 0 Å². The molecule has 1 amide bonds. The van der Waals surface area contributed by atoms with Gasteiger partial charge in [0.25, 0.3) is 10.2 Å². The second kappa shape index (κ2) is 7.12. The lowest BCUT2D eigenvalue weighted by atomic mass is 9.99. The van der Waals surface area contributed by atoms with Crippen molar-refractivity contribution < 1.29 is 22.7 Å². The summed E-state index contributed by atoms with van der Waals surface area (Å²) in [5.41, 5.74) is 0.729. The number of hydrogen-bond acceptors (Lipinski definition) is 6. The average molecular weight is 409 g/mol. The highest BCUT2D eigenvalue weighted by atomic mass is 32.2. The number of ether oxygens (including phenoxy) is 2. The molecule has 144 valence electrons. The van der Waals surface area contributed by atoms with E-state index in [4.69, 9.17) is 9.47 Å². The zero-order chi connectivity index (χ0) is 19.0. The van der Waals surface area contributed by atoms with Gasteiger partial charge in [-0.25, -0.2) is 0 Å². The molecular formula is C17H19N3O5S2. The van der Waals surface area contributed by atoms with Gasteiger partial charge in [-0.15, -0.1) is 11.3 Å². The number of likely N-dealkylation sites (N-methyl/N-ethyl adjacent to an activating group) is 1. The molecule has 2 N–H and O–H groups in total. The quantitative estimate of drug-likeness (QED) is 0.795. The fourth-order valence-electron chi connectivity index (χ4n) is 3.16. The monoisotopic (exact) mass is 409 g/mol. The van der Waals surface area contributed by atoms with E-state index in [2.05, 4.69) is 10.0 Å². The Morgan fingerprint density at radius 2 is 2.15 bits per heavy atom. The van der Waals surface area contributed by atoms with Crippen molar-refractivity contribution >= 4 is 27.5 Å². The number of amides is 1. The van der Waals surface area contributed by atoms with Crippen LogP contribution in [0, 0.1) is 0 Å². The number of nitrogens with one attached hydrogen (secondary N) is 2. The third-order valence-corrected chi connectivity index (χ3v) is 7.16. The first-order valence-corrected chi connectivity index (χ1v) is 10.7. The molecule has 3 heterocycles. The first-order valence-electron chi connectivity index (χ1n) is 8.39. The number of hydrogen-bond donors (Lipinski definition) is 2. The molecule has 2 atom stereocenters. The molecule has 0 saturated carbocycles. The standard InChI is InChI=1S/C17H19N3O5S2/c1-20-14(17(21)18-9-12-3-2-6-26-12)8-13(19-27(20,22)23)11-4-5-15-16(7-11)25-10-24-15/h2-7,13-14,19H,8-10H2,1H3,(H,18,21). The van der Waals surface area contributed by atoms with Crippen LogP contribution >= 0.6 is 11.3 Å². The number of carbonyl (C=O) groups excluding carboxylic acids is 1. The molecule has 0 aliphatic carbocycles. The van der Waals surface area contributed by atoms with Crippen molar-refractivity contribution in [1.82, 2.24) is 14.3 Å². The van der Waals surface area contributed by atoms with Crippen LogP contribution in [-0.4, -0.2) is 38.5 Å². The summed E-state index contributed by atoms with van der Waals surface area (Å²) in [5, 5.41) is 4.76. The van der Waals surface area contributed by atoms with E-state index in [1.165, 1.54) is 18.4 Å². The number of thiophene rings is 1. The van der Waals surface area contributed by atoms with Crippen LogP contribution in [0.25, 0.3) is 0 Å². The van der Waals surface area contributed by atoms with Gasteiger partial charge in [-0.05, 0) is 35.6 Å². The SMILES string of the molecule is CN1C(C(=O)NCc2cccs2)CC(c2ccc3c(c2)OCO3)NS1(=O)=O. The van der Waals surface area contributed by atoms with Gasteiger partial charge in [0.1, 0.15) is 6.04 Å². The lowest BCUT2D eigenvalue weighted by molar-refractivity contribution is -0.125. The van der Waals surface area contributed by atoms with Crippen LogP contribution in [0.1, 0.15) is 22.9 Å². The molecule has 2 aromatic rings. The molecule has 2 aliphatic heterocycles. The predicted octanol–water partition coefficient (Wildman–Crippen LogP) is 1.37. The number of benzene rings is 1. The second-order valence-corrected chi connectivity index (χ2v) is 9.15. The molecule has 1 aromatic heterocycles. The minimum absolute atomic E-state index is 0.145. The first-order chi connectivity index (χ1) is 12.9. The summed E-state index contributed by atoms with van der Waals surface area (Å²) in [4.78, 5) is 13.7. The zero-order valence-corrected chi connectivity index (χ0v) is 16.2. The lowest BCUT2D eigenvalue weighted by Gasteiger charge is -2.36. The molecule has 1 aromatic carbocycles. The van der Waals surface area contributed by atoms with E-state index < -0.39 is 22.3 Å². The zero-order valence-electron chi connectivity index (χ0n) is 14.5. The Labute approximate surface area is 161 Å². The summed E-state index contributed by atoms with van der Waals surface area (Å²) >= 11 is 1.54. The van der Waals surface area contributed by atoms with Crippen molar-refractivity contribution in [2.24, 2.45) is 0 Å². The van der Waals surface area contributed by atoms with Crippen molar-refractivity contribution in [3.8, 4) is 11.5 Å². The number of carbonyl (C=O) groups is 1. The third kappa shape index (κ3) is 3.65. The average Bonchev–Trinajstić information content (AvgIpc) is 3.32. The Balaban J connectivity index is 1.53. The molecule has 0 spiro atoms. The molecule has 8 nitrogen and oxygen atoms in total. The van der Waals surface area contributed by atoms with E-state index in [-0.39, 0.29) is 12.7 Å². The van der Waals surface area contributed by atoms with Crippen molar-refractivity contribution in [3.05, 3.63) is 46.2 Å². The Morgan fingerprint density at radius 3 is 2.93 bits per heavy atom. The van der Waals surface area contributed by atoms with Gasteiger partial charge in [0.15, 0.2) is 11.5 Å². The van der Waals surface area contributed by atoms with Crippen LogP contribution in [0.2, 0.25) is 0 Å².